The molecule has 0 radical (unpaired) electrons. The number of aryl methyl sites for hydroxylation is 1. The Balaban J connectivity index is 2.55. The summed E-state index contributed by atoms with van der Waals surface area (Å²) < 4.78 is 1.70. The fourth-order valence-electron chi connectivity index (χ4n) is 0.878. The van der Waals surface area contributed by atoms with E-state index in [0.29, 0.717) is 5.69 Å². The van der Waals surface area contributed by atoms with Gasteiger partial charge in [0.15, 0.2) is 0 Å². The number of carbonyl (C=O) groups is 1. The minimum Gasteiger partial charge on any atom is -0.323 e. The van der Waals surface area contributed by atoms with Crippen molar-refractivity contribution in [2.45, 2.75) is 19.9 Å². The summed E-state index contributed by atoms with van der Waals surface area (Å²) in [5, 5.41) is 14.8. The molecule has 1 amide bonds. The van der Waals surface area contributed by atoms with Gasteiger partial charge in [0.1, 0.15) is 6.42 Å². The van der Waals surface area contributed by atoms with Crippen LogP contribution in [-0.2, 0) is 11.3 Å². The molecule has 1 N–H and O–H groups in total. The number of rotatable bonds is 3. The van der Waals surface area contributed by atoms with Crippen LogP contribution < -0.4 is 5.32 Å². The molecule has 0 aliphatic heterocycles. The quantitative estimate of drug-likeness (QED) is 0.742. The maximum absolute atomic E-state index is 10.9. The maximum atomic E-state index is 10.9. The molecular formula is C8H10N4O. The van der Waals surface area contributed by atoms with Crippen LogP contribution in [0.5, 0.6) is 0 Å². The molecular weight excluding hydrogens is 168 g/mol. The van der Waals surface area contributed by atoms with Crippen LogP contribution >= 0.6 is 0 Å². The molecule has 0 aromatic carbocycles. The highest BCUT2D eigenvalue weighted by Gasteiger charge is 2.02. The predicted molar refractivity (Wildman–Crippen MR) is 46.8 cm³/mol. The number of anilines is 1. The van der Waals surface area contributed by atoms with Crippen molar-refractivity contribution in [3.8, 4) is 6.07 Å². The Hall–Kier alpha value is -1.83. The highest BCUT2D eigenvalue weighted by molar-refractivity contribution is 5.91. The fraction of sp³-hybridized carbons (Fsp3) is 0.375. The minimum absolute atomic E-state index is 0.128. The highest BCUT2D eigenvalue weighted by Crippen LogP contribution is 2.04. The number of amides is 1. The van der Waals surface area contributed by atoms with Crippen LogP contribution in [0.3, 0.4) is 0 Å². The Bertz CT molecular complexity index is 336. The van der Waals surface area contributed by atoms with Crippen molar-refractivity contribution in [3.05, 3.63) is 12.4 Å². The van der Waals surface area contributed by atoms with Crippen LogP contribution in [0.1, 0.15) is 13.3 Å². The van der Waals surface area contributed by atoms with Crippen molar-refractivity contribution in [3.63, 3.8) is 0 Å². The molecule has 5 heteroatoms. The van der Waals surface area contributed by atoms with E-state index in [1.807, 2.05) is 6.92 Å². The predicted octanol–water partition coefficient (Wildman–Crippen LogP) is 0.755. The Kier molecular flexibility index (Phi) is 3.03. The van der Waals surface area contributed by atoms with Gasteiger partial charge in [0.2, 0.25) is 5.91 Å². The molecule has 0 bridgehead atoms. The number of hydrogen-bond acceptors (Lipinski definition) is 3. The van der Waals surface area contributed by atoms with E-state index in [1.54, 1.807) is 23.1 Å². The van der Waals surface area contributed by atoms with Crippen molar-refractivity contribution in [2.24, 2.45) is 0 Å². The smallest absolute Gasteiger partial charge is 0.238 e. The molecule has 5 nitrogen and oxygen atoms in total. The van der Waals surface area contributed by atoms with Crippen molar-refractivity contribution < 1.29 is 4.79 Å². The fourth-order valence-corrected chi connectivity index (χ4v) is 0.878. The normalized spacial score (nSPS) is 9.23. The van der Waals surface area contributed by atoms with E-state index < -0.39 is 0 Å². The second kappa shape index (κ2) is 4.26. The summed E-state index contributed by atoms with van der Waals surface area (Å²) in [5.41, 5.74) is 0.627. The molecule has 0 aliphatic carbocycles. The maximum Gasteiger partial charge on any atom is 0.238 e. The van der Waals surface area contributed by atoms with Crippen LogP contribution in [0, 0.1) is 11.3 Å². The van der Waals surface area contributed by atoms with Gasteiger partial charge in [-0.15, -0.1) is 0 Å². The van der Waals surface area contributed by atoms with E-state index in [0.717, 1.165) is 6.54 Å². The van der Waals surface area contributed by atoms with Crippen LogP contribution in [0.15, 0.2) is 12.4 Å². The summed E-state index contributed by atoms with van der Waals surface area (Å²) in [5.74, 6) is -0.307. The first-order valence-corrected chi connectivity index (χ1v) is 3.95. The third-order valence-corrected chi connectivity index (χ3v) is 1.48. The van der Waals surface area contributed by atoms with Gasteiger partial charge < -0.3 is 5.32 Å². The molecule has 1 aromatic rings. The summed E-state index contributed by atoms with van der Waals surface area (Å²) in [6.07, 6.45) is 3.14. The van der Waals surface area contributed by atoms with E-state index in [1.165, 1.54) is 0 Å². The highest BCUT2D eigenvalue weighted by atomic mass is 16.1. The number of nitriles is 1. The second-order valence-corrected chi connectivity index (χ2v) is 2.47. The van der Waals surface area contributed by atoms with E-state index >= 15 is 0 Å². The molecule has 0 spiro atoms. The Labute approximate surface area is 76.0 Å². The zero-order valence-electron chi connectivity index (χ0n) is 7.32. The summed E-state index contributed by atoms with van der Waals surface area (Å²) in [7, 11) is 0. The van der Waals surface area contributed by atoms with Gasteiger partial charge >= 0.3 is 0 Å². The largest absolute Gasteiger partial charge is 0.323 e. The van der Waals surface area contributed by atoms with Gasteiger partial charge in [-0.1, -0.05) is 0 Å². The van der Waals surface area contributed by atoms with Crippen LogP contribution in [0.4, 0.5) is 5.69 Å². The Morgan fingerprint density at radius 3 is 3.15 bits per heavy atom. The van der Waals surface area contributed by atoms with E-state index in [4.69, 9.17) is 5.26 Å². The number of hydrogen-bond donors (Lipinski definition) is 1. The lowest BCUT2D eigenvalue weighted by Crippen LogP contribution is -2.09. The SMILES string of the molecule is CCn1cc(NC(=O)CC#N)cn1. The number of aromatic nitrogens is 2. The van der Waals surface area contributed by atoms with Gasteiger partial charge in [-0.2, -0.15) is 10.4 Å². The van der Waals surface area contributed by atoms with Crippen LogP contribution in [0.2, 0.25) is 0 Å². The van der Waals surface area contributed by atoms with Crippen molar-refractivity contribution >= 4 is 11.6 Å². The zero-order chi connectivity index (χ0) is 9.68. The molecule has 0 unspecified atom stereocenters. The standard InChI is InChI=1S/C8H10N4O/c1-2-12-6-7(5-10-12)11-8(13)3-4-9/h5-6H,2-3H2,1H3,(H,11,13). The Morgan fingerprint density at radius 2 is 2.62 bits per heavy atom. The number of nitrogens with one attached hydrogen (secondary N) is 1. The number of nitrogens with zero attached hydrogens (tertiary/aromatic N) is 3. The summed E-state index contributed by atoms with van der Waals surface area (Å²) in [6, 6.07) is 1.77. The lowest BCUT2D eigenvalue weighted by Gasteiger charge is -1.96. The Morgan fingerprint density at radius 1 is 1.85 bits per heavy atom. The topological polar surface area (TPSA) is 70.7 Å². The average Bonchev–Trinajstić information content (AvgIpc) is 2.52. The van der Waals surface area contributed by atoms with E-state index in [2.05, 4.69) is 10.4 Å². The molecule has 13 heavy (non-hydrogen) atoms. The zero-order valence-corrected chi connectivity index (χ0v) is 7.32. The summed E-state index contributed by atoms with van der Waals surface area (Å²) in [6.45, 7) is 2.71. The second-order valence-electron chi connectivity index (χ2n) is 2.47. The molecule has 1 aromatic heterocycles. The van der Waals surface area contributed by atoms with Gasteiger partial charge in [0.05, 0.1) is 18.0 Å². The average molecular weight is 178 g/mol. The van der Waals surface area contributed by atoms with Gasteiger partial charge in [-0.3, -0.25) is 9.48 Å². The van der Waals surface area contributed by atoms with Crippen molar-refractivity contribution in [1.29, 1.82) is 5.26 Å². The minimum atomic E-state index is -0.307. The van der Waals surface area contributed by atoms with Gasteiger partial charge in [-0.05, 0) is 6.92 Å². The van der Waals surface area contributed by atoms with E-state index in [9.17, 15) is 4.79 Å². The van der Waals surface area contributed by atoms with Crippen molar-refractivity contribution in [2.75, 3.05) is 5.32 Å². The summed E-state index contributed by atoms with van der Waals surface area (Å²) >= 11 is 0. The van der Waals surface area contributed by atoms with Gasteiger partial charge in [0.25, 0.3) is 0 Å². The summed E-state index contributed by atoms with van der Waals surface area (Å²) in [4.78, 5) is 10.9. The monoisotopic (exact) mass is 178 g/mol. The first-order valence-electron chi connectivity index (χ1n) is 3.95. The molecule has 1 heterocycles. The molecule has 0 aliphatic rings. The molecule has 0 saturated heterocycles. The van der Waals surface area contributed by atoms with Crippen LogP contribution in [0.25, 0.3) is 0 Å². The third-order valence-electron chi connectivity index (χ3n) is 1.48. The van der Waals surface area contributed by atoms with Gasteiger partial charge in [0, 0.05) is 12.7 Å². The van der Waals surface area contributed by atoms with Gasteiger partial charge in [-0.25, -0.2) is 0 Å². The molecule has 68 valence electrons. The first kappa shape index (κ1) is 9.26. The van der Waals surface area contributed by atoms with Crippen LogP contribution in [-0.4, -0.2) is 15.7 Å². The van der Waals surface area contributed by atoms with Crippen molar-refractivity contribution in [1.82, 2.24) is 9.78 Å². The third kappa shape index (κ3) is 2.60. The first-order chi connectivity index (χ1) is 6.26. The molecule has 0 saturated carbocycles. The molecule has 0 atom stereocenters. The molecule has 1 rings (SSSR count). The lowest BCUT2D eigenvalue weighted by molar-refractivity contribution is -0.115. The van der Waals surface area contributed by atoms with E-state index in [-0.39, 0.29) is 12.3 Å². The molecule has 0 fully saturated rings. The number of carbonyl (C=O) groups excluding carboxylic acids is 1. The lowest BCUT2D eigenvalue weighted by atomic mass is 10.4.